The first-order valence-corrected chi connectivity index (χ1v) is 15.3. The number of halogens is 1. The van der Waals surface area contributed by atoms with E-state index < -0.39 is 5.97 Å². The number of hydrogen-bond donors (Lipinski definition) is 1. The van der Waals surface area contributed by atoms with Gasteiger partial charge in [-0.1, -0.05) is 48.0 Å². The summed E-state index contributed by atoms with van der Waals surface area (Å²) in [5, 5.41) is 19.9. The van der Waals surface area contributed by atoms with Crippen LogP contribution in [-0.2, 0) is 29.4 Å². The van der Waals surface area contributed by atoms with Crippen molar-refractivity contribution in [2.24, 2.45) is 0 Å². The molecule has 0 aliphatic heterocycles. The average Bonchev–Trinajstić information content (AvgIpc) is 3.53. The zero-order chi connectivity index (χ0) is 32.6. The fourth-order valence-electron chi connectivity index (χ4n) is 4.87. The summed E-state index contributed by atoms with van der Waals surface area (Å²) in [4.78, 5) is 32.0. The van der Waals surface area contributed by atoms with Crippen LogP contribution in [0.1, 0.15) is 43.1 Å². The van der Waals surface area contributed by atoms with Crippen molar-refractivity contribution < 1.29 is 28.9 Å². The zero-order valence-corrected chi connectivity index (χ0v) is 26.5. The smallest absolute Gasteiger partial charge is 0.339 e. The minimum Gasteiger partial charge on any atom is -0.488 e. The minimum absolute atomic E-state index is 0.000306. The van der Waals surface area contributed by atoms with E-state index in [2.05, 4.69) is 29.0 Å². The lowest BCUT2D eigenvalue weighted by Gasteiger charge is -2.17. The van der Waals surface area contributed by atoms with E-state index in [1.165, 1.54) is 29.7 Å². The quantitative estimate of drug-likeness (QED) is 0.101. The van der Waals surface area contributed by atoms with E-state index in [0.717, 1.165) is 49.6 Å². The summed E-state index contributed by atoms with van der Waals surface area (Å²) in [5.41, 5.74) is 6.98. The number of carboxylic acids is 1. The van der Waals surface area contributed by atoms with Crippen molar-refractivity contribution in [1.29, 1.82) is 5.26 Å². The molecule has 0 fully saturated rings. The van der Waals surface area contributed by atoms with Crippen LogP contribution in [-0.4, -0.2) is 33.9 Å². The molecule has 1 N–H and O–H groups in total. The van der Waals surface area contributed by atoms with E-state index in [4.69, 9.17) is 31.1 Å². The van der Waals surface area contributed by atoms with Crippen molar-refractivity contribution in [2.75, 3.05) is 6.61 Å². The Morgan fingerprint density at radius 2 is 1.70 bits per heavy atom. The predicted octanol–water partition coefficient (Wildman–Crippen LogP) is 7.59. The number of hydrogen-bond acceptors (Lipinski definition) is 9. The van der Waals surface area contributed by atoms with E-state index >= 15 is 0 Å². The van der Waals surface area contributed by atoms with Crippen molar-refractivity contribution in [1.82, 2.24) is 9.97 Å². The second-order valence-electron chi connectivity index (χ2n) is 10.2. The molecule has 0 aliphatic carbocycles. The third-order valence-electron chi connectivity index (χ3n) is 7.25. The Balaban J connectivity index is 1.37. The van der Waals surface area contributed by atoms with E-state index in [1.54, 1.807) is 18.5 Å². The van der Waals surface area contributed by atoms with Crippen LogP contribution in [0.25, 0.3) is 21.7 Å². The van der Waals surface area contributed by atoms with Crippen LogP contribution in [0, 0.1) is 25.2 Å². The first-order valence-electron chi connectivity index (χ1n) is 14.1. The van der Waals surface area contributed by atoms with E-state index in [0.29, 0.717) is 17.7 Å². The summed E-state index contributed by atoms with van der Waals surface area (Å²) in [5.74, 6) is -0.855. The Kier molecular flexibility index (Phi) is 10.4. The number of aldehydes is 1. The topological polar surface area (TPSA) is 132 Å². The number of aromatic nitrogens is 2. The Labute approximate surface area is 274 Å². The molecule has 5 aromatic rings. The van der Waals surface area contributed by atoms with Crippen LogP contribution >= 0.6 is 22.9 Å². The van der Waals surface area contributed by atoms with Crippen LogP contribution in [0.2, 0.25) is 5.02 Å². The summed E-state index contributed by atoms with van der Waals surface area (Å²) >= 11 is 7.98. The highest BCUT2D eigenvalue weighted by molar-refractivity contribution is 7.15. The number of nitrogens with zero attached hydrogens (tertiary/aromatic N) is 3. The largest absolute Gasteiger partial charge is 0.488 e. The molecule has 2 aromatic heterocycles. The van der Waals surface area contributed by atoms with E-state index in [9.17, 15) is 14.7 Å². The number of carboxylic acid groups (broad SMARTS) is 1. The molecule has 0 radical (unpaired) electrons. The molecule has 0 bridgehead atoms. The van der Waals surface area contributed by atoms with Crippen molar-refractivity contribution >= 4 is 35.2 Å². The molecule has 0 saturated carbocycles. The van der Waals surface area contributed by atoms with Crippen molar-refractivity contribution in [2.45, 2.75) is 33.7 Å². The molecular formula is C35H28ClN3O6S. The maximum Gasteiger partial charge on any atom is 0.339 e. The maximum atomic E-state index is 11.9. The highest BCUT2D eigenvalue weighted by Gasteiger charge is 2.18. The molecule has 0 amide bonds. The number of carbonyl (C=O) groups is 2. The van der Waals surface area contributed by atoms with Gasteiger partial charge >= 0.3 is 5.97 Å². The molecule has 3 aromatic carbocycles. The summed E-state index contributed by atoms with van der Waals surface area (Å²) in [6.07, 6.45) is 5.48. The standard InChI is InChI=1S/C35H28ClN3O6S/c1-21-25(5-3-6-27(21)28-7-4-8-29(22(28)2)34-39-17-26(46-34)20-43-10-9-40)19-45-33-13-32(30(35(41)42)12-31(33)36)44-18-24-11-23(14-37)15-38-16-24/h3-9,11-13,15-17H,10,18-20H2,1-2H3,(H,41,42). The molecular weight excluding hydrogens is 626 g/mol. The van der Waals surface area contributed by atoms with Crippen LogP contribution in [0.15, 0.2) is 73.2 Å². The van der Waals surface area contributed by atoms with Crippen LogP contribution in [0.5, 0.6) is 11.5 Å². The summed E-state index contributed by atoms with van der Waals surface area (Å²) < 4.78 is 17.3. The third kappa shape index (κ3) is 7.41. The van der Waals surface area contributed by atoms with Gasteiger partial charge in [-0.2, -0.15) is 5.26 Å². The third-order valence-corrected chi connectivity index (χ3v) is 8.55. The van der Waals surface area contributed by atoms with Gasteiger partial charge in [0.15, 0.2) is 0 Å². The van der Waals surface area contributed by atoms with Gasteiger partial charge in [0.1, 0.15) is 54.2 Å². The number of carbonyl (C=O) groups excluding carboxylic acids is 1. The molecule has 0 unspecified atom stereocenters. The number of pyridine rings is 1. The van der Waals surface area contributed by atoms with Gasteiger partial charge in [-0.25, -0.2) is 9.78 Å². The molecule has 0 saturated heterocycles. The first-order chi connectivity index (χ1) is 22.3. The van der Waals surface area contributed by atoms with Crippen molar-refractivity contribution in [3.05, 3.63) is 116 Å². The number of benzene rings is 3. The Morgan fingerprint density at radius 3 is 2.46 bits per heavy atom. The Bertz CT molecular complexity index is 1950. The van der Waals surface area contributed by atoms with Gasteiger partial charge in [0.05, 0.1) is 22.1 Å². The number of rotatable bonds is 13. The SMILES string of the molecule is Cc1c(COc2cc(OCc3cncc(C#N)c3)c(C(=O)O)cc2Cl)cccc1-c1cccc(-c2ncc(COCC=O)s2)c1C. The second kappa shape index (κ2) is 14.8. The number of aromatic carboxylic acids is 1. The Morgan fingerprint density at radius 1 is 0.957 bits per heavy atom. The fraction of sp³-hybridized carbons (Fsp3) is 0.171. The summed E-state index contributed by atoms with van der Waals surface area (Å²) in [6.45, 7) is 4.65. The average molecular weight is 654 g/mol. The predicted molar refractivity (Wildman–Crippen MR) is 174 cm³/mol. The molecule has 232 valence electrons. The molecule has 0 spiro atoms. The van der Waals surface area contributed by atoms with E-state index in [1.807, 2.05) is 37.3 Å². The fourth-order valence-corrected chi connectivity index (χ4v) is 6.02. The molecule has 11 heteroatoms. The van der Waals surface area contributed by atoms with Crippen LogP contribution in [0.3, 0.4) is 0 Å². The van der Waals surface area contributed by atoms with Gasteiger partial charge in [0.2, 0.25) is 0 Å². The Hall–Kier alpha value is -5.08. The van der Waals surface area contributed by atoms with Crippen LogP contribution < -0.4 is 9.47 Å². The van der Waals surface area contributed by atoms with Gasteiger partial charge in [-0.3, -0.25) is 4.98 Å². The monoisotopic (exact) mass is 653 g/mol. The number of thiazole rings is 1. The van der Waals surface area contributed by atoms with Gasteiger partial charge in [-0.05, 0) is 53.8 Å². The lowest BCUT2D eigenvalue weighted by atomic mass is 9.92. The summed E-state index contributed by atoms with van der Waals surface area (Å²) in [7, 11) is 0. The van der Waals surface area contributed by atoms with Gasteiger partial charge in [0, 0.05) is 35.8 Å². The lowest BCUT2D eigenvalue weighted by Crippen LogP contribution is -2.06. The first kappa shape index (κ1) is 32.3. The van der Waals surface area contributed by atoms with Crippen molar-refractivity contribution in [3.8, 4) is 39.3 Å². The second-order valence-corrected chi connectivity index (χ2v) is 11.8. The number of nitriles is 1. The molecule has 46 heavy (non-hydrogen) atoms. The molecule has 0 aliphatic rings. The molecule has 2 heterocycles. The normalized spacial score (nSPS) is 10.7. The summed E-state index contributed by atoms with van der Waals surface area (Å²) in [6, 6.07) is 18.5. The van der Waals surface area contributed by atoms with Gasteiger partial charge < -0.3 is 24.1 Å². The highest BCUT2D eigenvalue weighted by atomic mass is 35.5. The molecule has 9 nitrogen and oxygen atoms in total. The molecule has 5 rings (SSSR count). The zero-order valence-electron chi connectivity index (χ0n) is 25.0. The van der Waals surface area contributed by atoms with E-state index in [-0.39, 0.29) is 41.9 Å². The van der Waals surface area contributed by atoms with Gasteiger partial charge in [-0.15, -0.1) is 11.3 Å². The maximum absolute atomic E-state index is 11.9. The minimum atomic E-state index is -1.20. The van der Waals surface area contributed by atoms with Crippen LogP contribution in [0.4, 0.5) is 0 Å². The van der Waals surface area contributed by atoms with Gasteiger partial charge in [0.25, 0.3) is 0 Å². The van der Waals surface area contributed by atoms with Crippen molar-refractivity contribution in [3.63, 3.8) is 0 Å². The highest BCUT2D eigenvalue weighted by Crippen LogP contribution is 2.37. The lowest BCUT2D eigenvalue weighted by molar-refractivity contribution is -0.112. The molecule has 0 atom stereocenters. The number of ether oxygens (including phenoxy) is 3.